The maximum absolute atomic E-state index is 11.0. The van der Waals surface area contributed by atoms with Crippen molar-refractivity contribution in [2.45, 2.75) is 12.3 Å². The Kier molecular flexibility index (Phi) is 2.08. The second-order valence-electron chi connectivity index (χ2n) is 3.72. The summed E-state index contributed by atoms with van der Waals surface area (Å²) in [7, 11) is 0. The van der Waals surface area contributed by atoms with E-state index in [4.69, 9.17) is 0 Å². The van der Waals surface area contributed by atoms with E-state index < -0.39 is 0 Å². The first-order valence-electron chi connectivity index (χ1n) is 4.69. The minimum absolute atomic E-state index is 0.0680. The second-order valence-corrected chi connectivity index (χ2v) is 3.72. The second kappa shape index (κ2) is 3.26. The zero-order valence-corrected chi connectivity index (χ0v) is 8.10. The molecule has 0 radical (unpaired) electrons. The van der Waals surface area contributed by atoms with Crippen LogP contribution in [0.15, 0.2) is 54.6 Å². The predicted octanol–water partition coefficient (Wildman–Crippen LogP) is 2.64. The molecule has 0 N–H and O–H groups in total. The fourth-order valence-electron chi connectivity index (χ4n) is 1.61. The highest BCUT2D eigenvalue weighted by Crippen LogP contribution is 2.28. The maximum atomic E-state index is 11.0. The van der Waals surface area contributed by atoms with Gasteiger partial charge >= 0.3 is 0 Å². The topological polar surface area (TPSA) is 17.1 Å². The fourth-order valence-corrected chi connectivity index (χ4v) is 1.61. The number of allylic oxidation sites excluding steroid dienone is 4. The predicted molar refractivity (Wildman–Crippen MR) is 57.1 cm³/mol. The van der Waals surface area contributed by atoms with E-state index in [2.05, 4.69) is 19.1 Å². The smallest absolute Gasteiger partial charge is 0.178 e. The van der Waals surface area contributed by atoms with E-state index in [1.807, 2.05) is 30.4 Å². The van der Waals surface area contributed by atoms with E-state index in [9.17, 15) is 4.79 Å². The summed E-state index contributed by atoms with van der Waals surface area (Å²) < 4.78 is 0. The summed E-state index contributed by atoms with van der Waals surface area (Å²) in [5, 5.41) is 0. The van der Waals surface area contributed by atoms with Crippen LogP contribution in [0.2, 0.25) is 0 Å². The minimum Gasteiger partial charge on any atom is -0.290 e. The van der Waals surface area contributed by atoms with Crippen molar-refractivity contribution < 1.29 is 4.79 Å². The number of carbonyl (C=O) groups excluding carboxylic acids is 1. The molecule has 0 aromatic heterocycles. The van der Waals surface area contributed by atoms with Gasteiger partial charge in [0, 0.05) is 5.41 Å². The molecule has 70 valence electrons. The first kappa shape index (κ1) is 8.95. The monoisotopic (exact) mass is 184 g/mol. The van der Waals surface area contributed by atoms with E-state index in [0.29, 0.717) is 0 Å². The average Bonchev–Trinajstić information content (AvgIpc) is 2.24. The van der Waals surface area contributed by atoms with E-state index >= 15 is 0 Å². The van der Waals surface area contributed by atoms with Crippen molar-refractivity contribution in [1.29, 1.82) is 0 Å². The molecule has 0 fully saturated rings. The molecule has 1 aliphatic carbocycles. The molecule has 1 aliphatic rings. The molecule has 1 aromatic rings. The van der Waals surface area contributed by atoms with Crippen molar-refractivity contribution in [2.24, 2.45) is 0 Å². The Morgan fingerprint density at radius 1 is 1.00 bits per heavy atom. The molecular weight excluding hydrogens is 172 g/mol. The molecule has 0 unspecified atom stereocenters. The van der Waals surface area contributed by atoms with Gasteiger partial charge in [-0.3, -0.25) is 4.79 Å². The fraction of sp³-hybridized carbons (Fsp3) is 0.154. The van der Waals surface area contributed by atoms with Crippen LogP contribution >= 0.6 is 0 Å². The molecule has 0 amide bonds. The van der Waals surface area contributed by atoms with Crippen molar-refractivity contribution in [3.8, 4) is 0 Å². The van der Waals surface area contributed by atoms with E-state index in [-0.39, 0.29) is 11.2 Å². The number of carbonyl (C=O) groups is 1. The molecule has 14 heavy (non-hydrogen) atoms. The summed E-state index contributed by atoms with van der Waals surface area (Å²) in [6.45, 7) is 2.10. The lowest BCUT2D eigenvalue weighted by Crippen LogP contribution is -2.18. The van der Waals surface area contributed by atoms with Gasteiger partial charge in [0.1, 0.15) is 0 Å². The van der Waals surface area contributed by atoms with E-state index in [0.717, 1.165) is 0 Å². The lowest BCUT2D eigenvalue weighted by molar-refractivity contribution is -0.110. The third-order valence-electron chi connectivity index (χ3n) is 2.58. The first-order chi connectivity index (χ1) is 6.71. The van der Waals surface area contributed by atoms with Gasteiger partial charge in [0.25, 0.3) is 0 Å². The summed E-state index contributed by atoms with van der Waals surface area (Å²) in [4.78, 5) is 11.0. The average molecular weight is 184 g/mol. The number of hydrogen-bond donors (Lipinski definition) is 0. The van der Waals surface area contributed by atoms with Crippen molar-refractivity contribution in [2.75, 3.05) is 0 Å². The molecule has 0 spiro atoms. The Morgan fingerprint density at radius 3 is 2.14 bits per heavy atom. The highest BCUT2D eigenvalue weighted by molar-refractivity contribution is 6.00. The molecule has 1 aromatic carbocycles. The molecule has 0 saturated heterocycles. The van der Waals surface area contributed by atoms with Crippen molar-refractivity contribution in [3.05, 3.63) is 60.2 Å². The molecular formula is C13H12O. The number of rotatable bonds is 1. The highest BCUT2D eigenvalue weighted by atomic mass is 16.1. The third kappa shape index (κ3) is 1.53. The summed E-state index contributed by atoms with van der Waals surface area (Å²) in [5.41, 5.74) is 1.08. The van der Waals surface area contributed by atoms with Crippen LogP contribution in [-0.2, 0) is 10.2 Å². The Morgan fingerprint density at radius 2 is 1.57 bits per heavy atom. The molecule has 0 saturated carbocycles. The molecule has 1 nitrogen and oxygen atoms in total. The number of hydrogen-bond acceptors (Lipinski definition) is 1. The number of benzene rings is 1. The molecule has 0 bridgehead atoms. The van der Waals surface area contributed by atoms with Gasteiger partial charge in [-0.2, -0.15) is 0 Å². The highest BCUT2D eigenvalue weighted by Gasteiger charge is 2.22. The zero-order chi connectivity index (χ0) is 10.0. The van der Waals surface area contributed by atoms with Gasteiger partial charge in [-0.25, -0.2) is 0 Å². The van der Waals surface area contributed by atoms with Crippen LogP contribution < -0.4 is 0 Å². The first-order valence-corrected chi connectivity index (χ1v) is 4.69. The quantitative estimate of drug-likeness (QED) is 0.655. The number of ketones is 1. The lowest BCUT2D eigenvalue weighted by atomic mass is 9.79. The van der Waals surface area contributed by atoms with Crippen LogP contribution in [0.25, 0.3) is 0 Å². The van der Waals surface area contributed by atoms with Gasteiger partial charge in [0.05, 0.1) is 0 Å². The Balaban J connectivity index is 2.40. The van der Waals surface area contributed by atoms with Gasteiger partial charge < -0.3 is 0 Å². The molecule has 2 rings (SSSR count). The normalized spacial score (nSPS) is 18.5. The molecule has 1 heteroatoms. The van der Waals surface area contributed by atoms with Crippen LogP contribution in [0.1, 0.15) is 12.5 Å². The maximum Gasteiger partial charge on any atom is 0.178 e. The largest absolute Gasteiger partial charge is 0.290 e. The molecule has 0 heterocycles. The SMILES string of the molecule is CC1(c2ccccc2)C=CC(=O)C=C1. The minimum atomic E-state index is -0.130. The van der Waals surface area contributed by atoms with Crippen LogP contribution in [0.4, 0.5) is 0 Å². The Bertz CT molecular complexity index is 383. The summed E-state index contributed by atoms with van der Waals surface area (Å²) >= 11 is 0. The van der Waals surface area contributed by atoms with E-state index in [1.165, 1.54) is 5.56 Å². The van der Waals surface area contributed by atoms with Gasteiger partial charge in [-0.15, -0.1) is 0 Å². The van der Waals surface area contributed by atoms with Crippen molar-refractivity contribution in [1.82, 2.24) is 0 Å². The Hall–Kier alpha value is -1.63. The summed E-state index contributed by atoms with van der Waals surface area (Å²) in [5.74, 6) is 0.0680. The third-order valence-corrected chi connectivity index (χ3v) is 2.58. The van der Waals surface area contributed by atoms with Gasteiger partial charge in [0.2, 0.25) is 0 Å². The van der Waals surface area contributed by atoms with Crippen LogP contribution in [0, 0.1) is 0 Å². The summed E-state index contributed by atoms with van der Waals surface area (Å²) in [6, 6.07) is 10.2. The van der Waals surface area contributed by atoms with Crippen molar-refractivity contribution >= 4 is 5.78 Å². The van der Waals surface area contributed by atoms with Crippen LogP contribution in [-0.4, -0.2) is 5.78 Å². The Labute approximate surface area is 83.8 Å². The molecule has 0 aliphatic heterocycles. The van der Waals surface area contributed by atoms with Crippen LogP contribution in [0.3, 0.4) is 0 Å². The summed E-state index contributed by atoms with van der Waals surface area (Å²) in [6.07, 6.45) is 7.16. The standard InChI is InChI=1S/C13H12O/c1-13(9-7-12(14)8-10-13)11-5-3-2-4-6-11/h2-10H,1H3. The van der Waals surface area contributed by atoms with Gasteiger partial charge in [-0.05, 0) is 24.6 Å². The molecule has 0 atom stereocenters. The van der Waals surface area contributed by atoms with Gasteiger partial charge in [-0.1, -0.05) is 42.5 Å². The van der Waals surface area contributed by atoms with Crippen LogP contribution in [0.5, 0.6) is 0 Å². The van der Waals surface area contributed by atoms with Crippen molar-refractivity contribution in [3.63, 3.8) is 0 Å². The lowest BCUT2D eigenvalue weighted by Gasteiger charge is -2.24. The van der Waals surface area contributed by atoms with E-state index in [1.54, 1.807) is 12.2 Å². The zero-order valence-electron chi connectivity index (χ0n) is 8.10. The van der Waals surface area contributed by atoms with Gasteiger partial charge in [0.15, 0.2) is 5.78 Å².